The molecule has 54 valence electrons. The van der Waals surface area contributed by atoms with Crippen LogP contribution in [0.15, 0.2) is 12.4 Å². The molecule has 0 aromatic heterocycles. The quantitative estimate of drug-likeness (QED) is 0.529. The van der Waals surface area contributed by atoms with Crippen LogP contribution in [-0.4, -0.2) is 29.6 Å². The van der Waals surface area contributed by atoms with Crippen molar-refractivity contribution < 1.29 is 0 Å². The second-order valence-electron chi connectivity index (χ2n) is 2.52. The summed E-state index contributed by atoms with van der Waals surface area (Å²) in [6, 6.07) is 2.16. The summed E-state index contributed by atoms with van der Waals surface area (Å²) in [6.45, 7) is 2.72. The molecule has 3 nitrogen and oxygen atoms in total. The number of hydrogen-bond donors (Lipinski definition) is 0. The molecule has 1 atom stereocenters. The molecule has 1 rings (SSSR count). The monoisotopic (exact) mass is 137 g/mol. The molecule has 10 heavy (non-hydrogen) atoms. The largest absolute Gasteiger partial charge is 0.362 e. The van der Waals surface area contributed by atoms with Crippen molar-refractivity contribution in [2.45, 2.75) is 13.0 Å². The maximum absolute atomic E-state index is 8.54. The zero-order valence-electron chi connectivity index (χ0n) is 6.28. The molecule has 0 bridgehead atoms. The van der Waals surface area contributed by atoms with Crippen LogP contribution in [0.2, 0.25) is 0 Å². The van der Waals surface area contributed by atoms with E-state index in [9.17, 15) is 0 Å². The molecule has 0 saturated heterocycles. The van der Waals surface area contributed by atoms with Gasteiger partial charge < -0.3 is 9.80 Å². The Kier molecular flexibility index (Phi) is 1.81. The predicted octanol–water partition coefficient (Wildman–Crippen LogP) is 0.575. The average molecular weight is 137 g/mol. The first-order valence-electron chi connectivity index (χ1n) is 3.28. The Bertz CT molecular complexity index is 180. The average Bonchev–Trinajstić information content (AvgIpc) is 2.34. The van der Waals surface area contributed by atoms with Crippen LogP contribution in [0.3, 0.4) is 0 Å². The van der Waals surface area contributed by atoms with E-state index in [2.05, 4.69) is 6.07 Å². The lowest BCUT2D eigenvalue weighted by Gasteiger charge is -2.19. The van der Waals surface area contributed by atoms with E-state index in [0.717, 1.165) is 6.67 Å². The van der Waals surface area contributed by atoms with E-state index in [1.54, 1.807) is 0 Å². The van der Waals surface area contributed by atoms with Gasteiger partial charge in [0.2, 0.25) is 0 Å². The summed E-state index contributed by atoms with van der Waals surface area (Å²) in [5.41, 5.74) is 0. The fourth-order valence-electron chi connectivity index (χ4n) is 0.877. The molecule has 1 aliphatic heterocycles. The van der Waals surface area contributed by atoms with Gasteiger partial charge in [-0.05, 0) is 6.92 Å². The van der Waals surface area contributed by atoms with Crippen LogP contribution in [0.25, 0.3) is 0 Å². The third kappa shape index (κ3) is 1.21. The second kappa shape index (κ2) is 2.61. The van der Waals surface area contributed by atoms with Gasteiger partial charge in [-0.25, -0.2) is 0 Å². The number of hydrogen-bond acceptors (Lipinski definition) is 3. The van der Waals surface area contributed by atoms with Gasteiger partial charge in [0.25, 0.3) is 0 Å². The SMILES string of the molecule is CC(C#N)N1C=CN(C)C1. The number of nitrogens with zero attached hydrogens (tertiary/aromatic N) is 3. The summed E-state index contributed by atoms with van der Waals surface area (Å²) in [5.74, 6) is 0. The minimum atomic E-state index is -0.0128. The van der Waals surface area contributed by atoms with E-state index < -0.39 is 0 Å². The van der Waals surface area contributed by atoms with Gasteiger partial charge >= 0.3 is 0 Å². The van der Waals surface area contributed by atoms with E-state index in [4.69, 9.17) is 5.26 Å². The normalized spacial score (nSPS) is 19.3. The van der Waals surface area contributed by atoms with Crippen LogP contribution in [-0.2, 0) is 0 Å². The molecule has 1 heterocycles. The molecule has 0 aliphatic carbocycles. The fraction of sp³-hybridized carbons (Fsp3) is 0.571. The van der Waals surface area contributed by atoms with Crippen molar-refractivity contribution in [1.82, 2.24) is 9.80 Å². The summed E-state index contributed by atoms with van der Waals surface area (Å²) < 4.78 is 0. The first-order valence-corrected chi connectivity index (χ1v) is 3.28. The highest BCUT2D eigenvalue weighted by molar-refractivity contribution is 4.98. The summed E-state index contributed by atoms with van der Waals surface area (Å²) in [7, 11) is 1.99. The van der Waals surface area contributed by atoms with Crippen molar-refractivity contribution in [3.8, 4) is 6.07 Å². The Morgan fingerprint density at radius 1 is 1.60 bits per heavy atom. The molecule has 3 heteroatoms. The molecule has 1 aliphatic rings. The van der Waals surface area contributed by atoms with Crippen molar-refractivity contribution in [3.63, 3.8) is 0 Å². The van der Waals surface area contributed by atoms with Crippen LogP contribution in [0, 0.1) is 11.3 Å². The molecule has 0 spiro atoms. The maximum atomic E-state index is 8.54. The zero-order valence-corrected chi connectivity index (χ0v) is 6.28. The number of nitriles is 1. The molecule has 0 N–H and O–H groups in total. The van der Waals surface area contributed by atoms with Crippen LogP contribution in [0.4, 0.5) is 0 Å². The lowest BCUT2D eigenvalue weighted by molar-refractivity contribution is 0.275. The Morgan fingerprint density at radius 2 is 2.30 bits per heavy atom. The van der Waals surface area contributed by atoms with Gasteiger partial charge in [-0.1, -0.05) is 0 Å². The van der Waals surface area contributed by atoms with Gasteiger partial charge in [0, 0.05) is 19.4 Å². The van der Waals surface area contributed by atoms with E-state index in [-0.39, 0.29) is 6.04 Å². The van der Waals surface area contributed by atoms with Crippen molar-refractivity contribution >= 4 is 0 Å². The summed E-state index contributed by atoms with van der Waals surface area (Å²) >= 11 is 0. The van der Waals surface area contributed by atoms with Crippen molar-refractivity contribution in [3.05, 3.63) is 12.4 Å². The molecule has 0 saturated carbocycles. The van der Waals surface area contributed by atoms with Gasteiger partial charge in [0.1, 0.15) is 6.04 Å². The van der Waals surface area contributed by atoms with Crippen molar-refractivity contribution in [1.29, 1.82) is 5.26 Å². The van der Waals surface area contributed by atoms with Gasteiger partial charge in [-0.3, -0.25) is 0 Å². The fourth-order valence-corrected chi connectivity index (χ4v) is 0.877. The van der Waals surface area contributed by atoms with E-state index in [1.165, 1.54) is 0 Å². The van der Waals surface area contributed by atoms with Crippen LogP contribution in [0.5, 0.6) is 0 Å². The van der Waals surface area contributed by atoms with Gasteiger partial charge in [-0.15, -0.1) is 0 Å². The van der Waals surface area contributed by atoms with Gasteiger partial charge in [-0.2, -0.15) is 5.26 Å². The lowest BCUT2D eigenvalue weighted by Crippen LogP contribution is -2.29. The van der Waals surface area contributed by atoms with E-state index >= 15 is 0 Å². The Balaban J connectivity index is 2.48. The summed E-state index contributed by atoms with van der Waals surface area (Å²) in [6.07, 6.45) is 3.90. The smallest absolute Gasteiger partial charge is 0.115 e. The van der Waals surface area contributed by atoms with E-state index in [0.29, 0.717) is 0 Å². The molecule has 0 radical (unpaired) electrons. The maximum Gasteiger partial charge on any atom is 0.115 e. The van der Waals surface area contributed by atoms with E-state index in [1.807, 2.05) is 36.2 Å². The van der Waals surface area contributed by atoms with Crippen molar-refractivity contribution in [2.75, 3.05) is 13.7 Å². The minimum Gasteiger partial charge on any atom is -0.362 e. The molecular weight excluding hydrogens is 126 g/mol. The van der Waals surface area contributed by atoms with Crippen LogP contribution >= 0.6 is 0 Å². The molecule has 0 fully saturated rings. The topological polar surface area (TPSA) is 30.3 Å². The van der Waals surface area contributed by atoms with Gasteiger partial charge in [0.15, 0.2) is 0 Å². The zero-order chi connectivity index (χ0) is 7.56. The Morgan fingerprint density at radius 3 is 2.70 bits per heavy atom. The highest BCUT2D eigenvalue weighted by atomic mass is 15.3. The molecule has 0 aromatic rings. The van der Waals surface area contributed by atoms with Crippen molar-refractivity contribution in [2.24, 2.45) is 0 Å². The Hall–Kier alpha value is -1.17. The third-order valence-electron chi connectivity index (χ3n) is 1.58. The summed E-state index contributed by atoms with van der Waals surface area (Å²) in [4.78, 5) is 4.02. The second-order valence-corrected chi connectivity index (χ2v) is 2.52. The standard InChI is InChI=1S/C7H11N3/c1-7(5-8)10-4-3-9(2)6-10/h3-4,7H,6H2,1-2H3. The minimum absolute atomic E-state index is 0.0128. The first kappa shape index (κ1) is 6.94. The Labute approximate surface area is 61.1 Å². The third-order valence-corrected chi connectivity index (χ3v) is 1.58. The van der Waals surface area contributed by atoms with Gasteiger partial charge in [0.05, 0.1) is 12.7 Å². The first-order chi connectivity index (χ1) is 4.74. The number of rotatable bonds is 1. The molecule has 0 amide bonds. The van der Waals surface area contributed by atoms with Crippen LogP contribution in [0.1, 0.15) is 6.92 Å². The predicted molar refractivity (Wildman–Crippen MR) is 38.7 cm³/mol. The molecule has 0 aromatic carbocycles. The molecular formula is C7H11N3. The highest BCUT2D eigenvalue weighted by Crippen LogP contribution is 2.06. The lowest BCUT2D eigenvalue weighted by atomic mass is 10.3. The van der Waals surface area contributed by atoms with Crippen LogP contribution < -0.4 is 0 Å². The summed E-state index contributed by atoms with van der Waals surface area (Å²) in [5, 5.41) is 8.54. The molecule has 1 unspecified atom stereocenters. The highest BCUT2D eigenvalue weighted by Gasteiger charge is 2.13.